The summed E-state index contributed by atoms with van der Waals surface area (Å²) in [4.78, 5) is 8.64. The SMILES string of the molecule is COCCNCc1ccc(Sc2ncccc2Cl)nc1. The number of pyridine rings is 2. The Balaban J connectivity index is 1.90. The zero-order valence-electron chi connectivity index (χ0n) is 11.2. The normalized spacial score (nSPS) is 10.7. The number of hydrogen-bond acceptors (Lipinski definition) is 5. The molecule has 0 bridgehead atoms. The van der Waals surface area contributed by atoms with Crippen LogP contribution in [0, 0.1) is 0 Å². The van der Waals surface area contributed by atoms with Crippen molar-refractivity contribution in [2.45, 2.75) is 16.6 Å². The van der Waals surface area contributed by atoms with E-state index in [4.69, 9.17) is 16.3 Å². The third kappa shape index (κ3) is 4.76. The van der Waals surface area contributed by atoms with Crippen LogP contribution >= 0.6 is 23.4 Å². The van der Waals surface area contributed by atoms with Gasteiger partial charge in [-0.25, -0.2) is 9.97 Å². The van der Waals surface area contributed by atoms with Gasteiger partial charge in [-0.1, -0.05) is 17.7 Å². The van der Waals surface area contributed by atoms with Crippen LogP contribution in [0.1, 0.15) is 5.56 Å². The highest BCUT2D eigenvalue weighted by Gasteiger charge is 2.04. The summed E-state index contributed by atoms with van der Waals surface area (Å²) in [6.07, 6.45) is 3.58. The molecule has 6 heteroatoms. The highest BCUT2D eigenvalue weighted by molar-refractivity contribution is 7.99. The van der Waals surface area contributed by atoms with Crippen LogP contribution in [0.5, 0.6) is 0 Å². The fourth-order valence-corrected chi connectivity index (χ4v) is 2.48. The molecule has 20 heavy (non-hydrogen) atoms. The molecule has 106 valence electrons. The smallest absolute Gasteiger partial charge is 0.121 e. The Morgan fingerprint density at radius 2 is 2.20 bits per heavy atom. The summed E-state index contributed by atoms with van der Waals surface area (Å²) >= 11 is 7.53. The second-order valence-corrected chi connectivity index (χ2v) is 5.48. The molecular formula is C14H16ClN3OS. The van der Waals surface area contributed by atoms with Crippen molar-refractivity contribution in [1.82, 2.24) is 15.3 Å². The summed E-state index contributed by atoms with van der Waals surface area (Å²) in [5.41, 5.74) is 1.14. The molecule has 0 aliphatic carbocycles. The third-order valence-corrected chi connectivity index (χ3v) is 3.92. The number of rotatable bonds is 7. The molecule has 2 rings (SSSR count). The van der Waals surface area contributed by atoms with Crippen LogP contribution in [-0.4, -0.2) is 30.2 Å². The Kier molecular flexibility index (Phi) is 6.26. The minimum Gasteiger partial charge on any atom is -0.383 e. The van der Waals surface area contributed by atoms with E-state index in [1.165, 1.54) is 11.8 Å². The van der Waals surface area contributed by atoms with E-state index in [-0.39, 0.29) is 0 Å². The summed E-state index contributed by atoms with van der Waals surface area (Å²) in [5, 5.41) is 5.57. The Bertz CT molecular complexity index is 536. The molecule has 0 amide bonds. The van der Waals surface area contributed by atoms with Crippen LogP contribution < -0.4 is 5.32 Å². The Morgan fingerprint density at radius 1 is 1.30 bits per heavy atom. The van der Waals surface area contributed by atoms with Gasteiger partial charge in [-0.05, 0) is 35.5 Å². The second-order valence-electron chi connectivity index (χ2n) is 4.07. The topological polar surface area (TPSA) is 47.0 Å². The second kappa shape index (κ2) is 8.21. The van der Waals surface area contributed by atoms with E-state index < -0.39 is 0 Å². The number of nitrogens with one attached hydrogen (secondary N) is 1. The quantitative estimate of drug-likeness (QED) is 0.797. The average molecular weight is 310 g/mol. The van der Waals surface area contributed by atoms with Crippen molar-refractivity contribution in [3.8, 4) is 0 Å². The first kappa shape index (κ1) is 15.3. The van der Waals surface area contributed by atoms with E-state index in [9.17, 15) is 0 Å². The number of aromatic nitrogens is 2. The van der Waals surface area contributed by atoms with Gasteiger partial charge < -0.3 is 10.1 Å². The van der Waals surface area contributed by atoms with Crippen molar-refractivity contribution in [3.63, 3.8) is 0 Å². The molecule has 2 aromatic heterocycles. The predicted octanol–water partition coefficient (Wildman–Crippen LogP) is 3.02. The van der Waals surface area contributed by atoms with Gasteiger partial charge in [0, 0.05) is 32.6 Å². The first-order valence-electron chi connectivity index (χ1n) is 6.22. The molecule has 0 aliphatic heterocycles. The van der Waals surface area contributed by atoms with Gasteiger partial charge in [0.15, 0.2) is 0 Å². The number of methoxy groups -OCH3 is 1. The third-order valence-electron chi connectivity index (χ3n) is 2.54. The maximum absolute atomic E-state index is 6.07. The van der Waals surface area contributed by atoms with Gasteiger partial charge in [-0.3, -0.25) is 0 Å². The van der Waals surface area contributed by atoms with E-state index in [0.717, 1.165) is 28.7 Å². The Morgan fingerprint density at radius 3 is 2.90 bits per heavy atom. The van der Waals surface area contributed by atoms with Crippen LogP contribution in [-0.2, 0) is 11.3 Å². The lowest BCUT2D eigenvalue weighted by molar-refractivity contribution is 0.199. The zero-order chi connectivity index (χ0) is 14.2. The molecule has 0 saturated carbocycles. The van der Waals surface area contributed by atoms with Gasteiger partial charge in [0.2, 0.25) is 0 Å². The monoisotopic (exact) mass is 309 g/mol. The zero-order valence-corrected chi connectivity index (χ0v) is 12.7. The maximum Gasteiger partial charge on any atom is 0.121 e. The van der Waals surface area contributed by atoms with E-state index in [1.54, 1.807) is 13.3 Å². The van der Waals surface area contributed by atoms with Crippen LogP contribution in [0.3, 0.4) is 0 Å². The molecule has 2 aromatic rings. The number of hydrogen-bond donors (Lipinski definition) is 1. The molecule has 0 saturated heterocycles. The van der Waals surface area contributed by atoms with Gasteiger partial charge >= 0.3 is 0 Å². The maximum atomic E-state index is 6.07. The fraction of sp³-hybridized carbons (Fsp3) is 0.286. The van der Waals surface area contributed by atoms with E-state index in [0.29, 0.717) is 11.6 Å². The van der Waals surface area contributed by atoms with Crippen molar-refractivity contribution in [3.05, 3.63) is 47.2 Å². The lowest BCUT2D eigenvalue weighted by Gasteiger charge is -2.05. The first-order valence-corrected chi connectivity index (χ1v) is 7.42. The predicted molar refractivity (Wildman–Crippen MR) is 81.2 cm³/mol. The molecule has 4 nitrogen and oxygen atoms in total. The van der Waals surface area contributed by atoms with Crippen LogP contribution in [0.2, 0.25) is 5.02 Å². The highest BCUT2D eigenvalue weighted by Crippen LogP contribution is 2.29. The standard InChI is InChI=1S/C14H16ClN3OS/c1-19-8-7-16-9-11-4-5-13(18-10-11)20-14-12(15)3-2-6-17-14/h2-6,10,16H,7-9H2,1H3. The van der Waals surface area contributed by atoms with Gasteiger partial charge in [0.25, 0.3) is 0 Å². The van der Waals surface area contributed by atoms with Gasteiger partial charge in [-0.2, -0.15) is 0 Å². The summed E-state index contributed by atoms with van der Waals surface area (Å²) in [5.74, 6) is 0. The van der Waals surface area contributed by atoms with Crippen molar-refractivity contribution >= 4 is 23.4 Å². The molecule has 0 unspecified atom stereocenters. The fourth-order valence-electron chi connectivity index (χ4n) is 1.53. The van der Waals surface area contributed by atoms with Gasteiger partial charge in [0.1, 0.15) is 10.1 Å². The number of halogens is 1. The average Bonchev–Trinajstić information content (AvgIpc) is 2.48. The lowest BCUT2D eigenvalue weighted by Crippen LogP contribution is -2.18. The summed E-state index contributed by atoms with van der Waals surface area (Å²) in [6.45, 7) is 2.32. The van der Waals surface area contributed by atoms with Crippen molar-refractivity contribution in [2.24, 2.45) is 0 Å². The highest BCUT2D eigenvalue weighted by atomic mass is 35.5. The number of ether oxygens (including phenoxy) is 1. The van der Waals surface area contributed by atoms with Crippen LogP contribution in [0.25, 0.3) is 0 Å². The summed E-state index contributed by atoms with van der Waals surface area (Å²) < 4.78 is 4.98. The summed E-state index contributed by atoms with van der Waals surface area (Å²) in [6, 6.07) is 7.66. The molecule has 0 spiro atoms. The molecule has 0 radical (unpaired) electrons. The first-order chi connectivity index (χ1) is 9.79. The van der Waals surface area contributed by atoms with Crippen LogP contribution in [0.4, 0.5) is 0 Å². The lowest BCUT2D eigenvalue weighted by atomic mass is 10.3. The molecule has 0 aliphatic rings. The Hall–Kier alpha value is -1.14. The van der Waals surface area contributed by atoms with Crippen molar-refractivity contribution in [2.75, 3.05) is 20.3 Å². The molecule has 0 aromatic carbocycles. The molecular weight excluding hydrogens is 294 g/mol. The van der Waals surface area contributed by atoms with E-state index in [2.05, 4.69) is 15.3 Å². The minimum atomic E-state index is 0.643. The van der Waals surface area contributed by atoms with Crippen molar-refractivity contribution < 1.29 is 4.74 Å². The largest absolute Gasteiger partial charge is 0.383 e. The van der Waals surface area contributed by atoms with Crippen LogP contribution in [0.15, 0.2) is 46.7 Å². The van der Waals surface area contributed by atoms with Gasteiger partial charge in [-0.15, -0.1) is 0 Å². The Labute approximate surface area is 127 Å². The molecule has 0 fully saturated rings. The van der Waals surface area contributed by atoms with E-state index in [1.807, 2.05) is 30.5 Å². The van der Waals surface area contributed by atoms with Crippen molar-refractivity contribution in [1.29, 1.82) is 0 Å². The minimum absolute atomic E-state index is 0.643. The number of nitrogens with zero attached hydrogens (tertiary/aromatic N) is 2. The molecule has 0 atom stereocenters. The van der Waals surface area contributed by atoms with Gasteiger partial charge in [0.05, 0.1) is 11.6 Å². The molecule has 1 N–H and O–H groups in total. The van der Waals surface area contributed by atoms with E-state index >= 15 is 0 Å². The molecule has 2 heterocycles. The summed E-state index contributed by atoms with van der Waals surface area (Å²) in [7, 11) is 1.69.